The lowest BCUT2D eigenvalue weighted by Crippen LogP contribution is -2.46. The summed E-state index contributed by atoms with van der Waals surface area (Å²) < 4.78 is 0. The molecule has 2 aliphatic rings. The zero-order valence-electron chi connectivity index (χ0n) is 14.7. The van der Waals surface area contributed by atoms with E-state index in [0.717, 1.165) is 18.2 Å². The van der Waals surface area contributed by atoms with Crippen LogP contribution in [0, 0.1) is 0 Å². The monoisotopic (exact) mass is 373 g/mol. The van der Waals surface area contributed by atoms with Crippen molar-refractivity contribution in [3.05, 3.63) is 24.3 Å². The first-order valence-electron chi connectivity index (χ1n) is 9.18. The number of nitrogens with zero attached hydrogens (tertiary/aromatic N) is 6. The lowest BCUT2D eigenvalue weighted by molar-refractivity contribution is 0.102. The Morgan fingerprint density at radius 1 is 1.04 bits per heavy atom. The van der Waals surface area contributed by atoms with E-state index in [1.54, 1.807) is 0 Å². The standard InChI is InChI=1S/C17H23N7OS/c25-15(13-10-18-12-19-11-13)20-16-21-22-17(26-16)24-8-4-14(5-9-24)23-6-2-1-3-7-23/h10-12,14H,1-9H2,(H,20,21,25). The molecular weight excluding hydrogens is 350 g/mol. The predicted molar refractivity (Wildman–Crippen MR) is 101 cm³/mol. The first-order chi connectivity index (χ1) is 12.8. The van der Waals surface area contributed by atoms with Gasteiger partial charge in [-0.3, -0.25) is 10.1 Å². The van der Waals surface area contributed by atoms with Gasteiger partial charge >= 0.3 is 0 Å². The molecule has 0 spiro atoms. The minimum absolute atomic E-state index is 0.267. The number of piperidine rings is 2. The van der Waals surface area contributed by atoms with Gasteiger partial charge in [0.15, 0.2) is 0 Å². The highest BCUT2D eigenvalue weighted by molar-refractivity contribution is 7.19. The summed E-state index contributed by atoms with van der Waals surface area (Å²) in [6.07, 6.45) is 10.8. The van der Waals surface area contributed by atoms with Crippen molar-refractivity contribution in [1.82, 2.24) is 25.1 Å². The highest BCUT2D eigenvalue weighted by Gasteiger charge is 2.27. The van der Waals surface area contributed by atoms with Crippen LogP contribution in [0.15, 0.2) is 18.7 Å². The number of hydrogen-bond acceptors (Lipinski definition) is 8. The Bertz CT molecular complexity index is 724. The molecule has 2 aromatic heterocycles. The molecule has 2 aliphatic heterocycles. The molecule has 0 atom stereocenters. The van der Waals surface area contributed by atoms with Crippen molar-refractivity contribution in [2.75, 3.05) is 36.4 Å². The normalized spacial score (nSPS) is 19.5. The Morgan fingerprint density at radius 3 is 2.50 bits per heavy atom. The number of amides is 1. The fourth-order valence-corrected chi connectivity index (χ4v) is 4.48. The third kappa shape index (κ3) is 3.99. The average molecular weight is 373 g/mol. The number of carbonyl (C=O) groups excluding carboxylic acids is 1. The molecule has 8 nitrogen and oxygen atoms in total. The smallest absolute Gasteiger partial charge is 0.260 e. The first kappa shape index (κ1) is 17.3. The van der Waals surface area contributed by atoms with Crippen LogP contribution >= 0.6 is 11.3 Å². The van der Waals surface area contributed by atoms with Crippen LogP contribution in [0.5, 0.6) is 0 Å². The van der Waals surface area contributed by atoms with Crippen molar-refractivity contribution in [2.45, 2.75) is 38.1 Å². The minimum atomic E-state index is -0.267. The largest absolute Gasteiger partial charge is 0.346 e. The molecule has 0 unspecified atom stereocenters. The maximum atomic E-state index is 12.1. The van der Waals surface area contributed by atoms with E-state index in [4.69, 9.17) is 0 Å². The number of carbonyl (C=O) groups is 1. The molecule has 0 saturated carbocycles. The summed E-state index contributed by atoms with van der Waals surface area (Å²) in [4.78, 5) is 24.8. The van der Waals surface area contributed by atoms with Crippen molar-refractivity contribution in [3.8, 4) is 0 Å². The van der Waals surface area contributed by atoms with E-state index in [-0.39, 0.29) is 5.91 Å². The molecule has 0 aromatic carbocycles. The van der Waals surface area contributed by atoms with Crippen LogP contribution in [0.3, 0.4) is 0 Å². The number of likely N-dealkylation sites (tertiary alicyclic amines) is 1. The summed E-state index contributed by atoms with van der Waals surface area (Å²) in [6, 6.07) is 0.705. The lowest BCUT2D eigenvalue weighted by Gasteiger charge is -2.40. The van der Waals surface area contributed by atoms with Gasteiger partial charge in [0, 0.05) is 31.5 Å². The van der Waals surface area contributed by atoms with Crippen LogP contribution in [0.2, 0.25) is 0 Å². The molecular formula is C17H23N7OS. The molecule has 9 heteroatoms. The topological polar surface area (TPSA) is 87.1 Å². The van der Waals surface area contributed by atoms with Gasteiger partial charge in [-0.25, -0.2) is 9.97 Å². The summed E-state index contributed by atoms with van der Waals surface area (Å²) in [5.74, 6) is -0.267. The lowest BCUT2D eigenvalue weighted by atomic mass is 10.0. The highest BCUT2D eigenvalue weighted by Crippen LogP contribution is 2.28. The van der Waals surface area contributed by atoms with Crippen LogP contribution in [-0.2, 0) is 0 Å². The van der Waals surface area contributed by atoms with Crippen LogP contribution in [-0.4, -0.2) is 63.2 Å². The summed E-state index contributed by atoms with van der Waals surface area (Å²) >= 11 is 1.42. The molecule has 0 bridgehead atoms. The van der Waals surface area contributed by atoms with Gasteiger partial charge in [-0.1, -0.05) is 17.8 Å². The Labute approximate surface area is 156 Å². The maximum Gasteiger partial charge on any atom is 0.260 e. The van der Waals surface area contributed by atoms with Crippen LogP contribution in [0.4, 0.5) is 10.3 Å². The molecule has 4 rings (SSSR count). The molecule has 4 heterocycles. The number of aromatic nitrogens is 4. The van der Waals surface area contributed by atoms with Crippen molar-refractivity contribution in [2.24, 2.45) is 0 Å². The Kier molecular flexibility index (Phi) is 5.35. The van der Waals surface area contributed by atoms with Gasteiger partial charge in [0.1, 0.15) is 6.33 Å². The van der Waals surface area contributed by atoms with Crippen molar-refractivity contribution < 1.29 is 4.79 Å². The first-order valence-corrected chi connectivity index (χ1v) is 10.00. The van der Waals surface area contributed by atoms with Crippen molar-refractivity contribution in [3.63, 3.8) is 0 Å². The number of rotatable bonds is 4. The van der Waals surface area contributed by atoms with E-state index in [1.807, 2.05) is 0 Å². The van der Waals surface area contributed by atoms with Gasteiger partial charge in [-0.15, -0.1) is 10.2 Å². The molecule has 2 fully saturated rings. The molecule has 1 amide bonds. The second kappa shape index (κ2) is 8.05. The summed E-state index contributed by atoms with van der Waals surface area (Å²) in [5.41, 5.74) is 0.409. The SMILES string of the molecule is O=C(Nc1nnc(N2CCC(N3CCCCC3)CC2)s1)c1cncnc1. The van der Waals surface area contributed by atoms with E-state index >= 15 is 0 Å². The summed E-state index contributed by atoms with van der Waals surface area (Å²) in [7, 11) is 0. The number of hydrogen-bond donors (Lipinski definition) is 1. The second-order valence-electron chi connectivity index (χ2n) is 6.79. The average Bonchev–Trinajstić information content (AvgIpc) is 3.18. The quantitative estimate of drug-likeness (QED) is 0.877. The predicted octanol–water partition coefficient (Wildman–Crippen LogP) is 2.04. The van der Waals surface area contributed by atoms with Gasteiger partial charge in [-0.05, 0) is 38.8 Å². The fraction of sp³-hybridized carbons (Fsp3) is 0.588. The van der Waals surface area contributed by atoms with E-state index in [2.05, 4.69) is 35.3 Å². The number of anilines is 2. The van der Waals surface area contributed by atoms with Crippen LogP contribution in [0.25, 0.3) is 0 Å². The Balaban J connectivity index is 1.31. The van der Waals surface area contributed by atoms with Crippen molar-refractivity contribution in [1.29, 1.82) is 0 Å². The molecule has 26 heavy (non-hydrogen) atoms. The zero-order valence-corrected chi connectivity index (χ0v) is 15.5. The Hall–Kier alpha value is -2.13. The highest BCUT2D eigenvalue weighted by atomic mass is 32.1. The maximum absolute atomic E-state index is 12.1. The van der Waals surface area contributed by atoms with E-state index in [0.29, 0.717) is 16.7 Å². The third-order valence-electron chi connectivity index (χ3n) is 5.10. The molecule has 2 saturated heterocycles. The molecule has 2 aromatic rings. The molecule has 1 N–H and O–H groups in total. The summed E-state index contributed by atoms with van der Waals surface area (Å²) in [5, 5.41) is 12.5. The number of nitrogens with one attached hydrogen (secondary N) is 1. The minimum Gasteiger partial charge on any atom is -0.346 e. The molecule has 138 valence electrons. The van der Waals surface area contributed by atoms with Gasteiger partial charge < -0.3 is 9.80 Å². The van der Waals surface area contributed by atoms with Crippen molar-refractivity contribution >= 4 is 27.5 Å². The summed E-state index contributed by atoms with van der Waals surface area (Å²) in [6.45, 7) is 4.50. The molecule has 0 radical (unpaired) electrons. The second-order valence-corrected chi connectivity index (χ2v) is 7.74. The van der Waals surface area contributed by atoms with Crippen LogP contribution < -0.4 is 10.2 Å². The fourth-order valence-electron chi connectivity index (χ4n) is 3.69. The van der Waals surface area contributed by atoms with Crippen LogP contribution in [0.1, 0.15) is 42.5 Å². The zero-order chi connectivity index (χ0) is 17.8. The molecule has 0 aliphatic carbocycles. The van der Waals surface area contributed by atoms with E-state index in [1.165, 1.54) is 75.3 Å². The van der Waals surface area contributed by atoms with Gasteiger partial charge in [0.25, 0.3) is 5.91 Å². The van der Waals surface area contributed by atoms with E-state index < -0.39 is 0 Å². The Morgan fingerprint density at radius 2 is 1.77 bits per heavy atom. The van der Waals surface area contributed by atoms with Gasteiger partial charge in [0.2, 0.25) is 10.3 Å². The van der Waals surface area contributed by atoms with E-state index in [9.17, 15) is 4.79 Å². The van der Waals surface area contributed by atoms with Gasteiger partial charge in [0.05, 0.1) is 5.56 Å². The third-order valence-corrected chi connectivity index (χ3v) is 6.00. The van der Waals surface area contributed by atoms with Gasteiger partial charge in [-0.2, -0.15) is 0 Å².